The molecule has 0 aromatic rings. The van der Waals surface area contributed by atoms with Gasteiger partial charge in [0.15, 0.2) is 0 Å². The van der Waals surface area contributed by atoms with E-state index < -0.39 is 0 Å². The second-order valence-corrected chi connectivity index (χ2v) is 2.98. The molecule has 0 saturated carbocycles. The number of hydrogen-bond donors (Lipinski definition) is 1. The number of halogens is 2. The molecule has 2 N–H and O–H groups in total. The first kappa shape index (κ1) is 16.5. The Morgan fingerprint density at radius 1 is 1.11 bits per heavy atom. The summed E-state index contributed by atoms with van der Waals surface area (Å²) in [6, 6.07) is 0. The van der Waals surface area contributed by atoms with Crippen LogP contribution < -0.4 is 5.73 Å². The number of nitrogens with two attached hydrogens (primary N) is 1. The molecule has 0 unspecified atom stereocenters. The summed E-state index contributed by atoms with van der Waals surface area (Å²) in [5.41, 5.74) is 5.68. The molecule has 0 bridgehead atoms. The van der Waals surface area contributed by atoms with E-state index in [0.717, 1.165) is 0 Å². The van der Waals surface area contributed by atoms with Crippen LogP contribution in [0.4, 0.5) is 0 Å². The lowest BCUT2D eigenvalue weighted by Crippen LogP contribution is -2.37. The minimum absolute atomic E-state index is 0. The molecule has 0 amide bonds. The summed E-state index contributed by atoms with van der Waals surface area (Å²) in [5.74, 6) is 0.576. The minimum atomic E-state index is 0. The van der Waals surface area contributed by atoms with Crippen molar-refractivity contribution >= 4 is 34.0 Å². The lowest BCUT2D eigenvalue weighted by Gasteiger charge is -2.22. The van der Waals surface area contributed by atoms with E-state index in [1.165, 1.54) is 0 Å². The van der Waals surface area contributed by atoms with Crippen LogP contribution in [0.3, 0.4) is 0 Å². The largest absolute Gasteiger partial charge is 0.325 e. The summed E-state index contributed by atoms with van der Waals surface area (Å²) in [7, 11) is 0. The van der Waals surface area contributed by atoms with Gasteiger partial charge in [0.1, 0.15) is 0 Å². The van der Waals surface area contributed by atoms with Crippen LogP contribution in [0.1, 0.15) is 27.7 Å². The van der Waals surface area contributed by atoms with Crippen molar-refractivity contribution in [2.75, 3.05) is 0 Å². The van der Waals surface area contributed by atoms with Crippen LogP contribution in [-0.2, 0) is 0 Å². The predicted molar refractivity (Wildman–Crippen MR) is 53.7 cm³/mol. The van der Waals surface area contributed by atoms with Gasteiger partial charge in [0.2, 0.25) is 0 Å². The van der Waals surface area contributed by atoms with E-state index in [4.69, 9.17) is 5.73 Å². The van der Waals surface area contributed by atoms with Crippen molar-refractivity contribution in [3.8, 4) is 0 Å². The van der Waals surface area contributed by atoms with Gasteiger partial charge in [0.25, 0.3) is 0 Å². The highest BCUT2D eigenvalue weighted by Gasteiger charge is 2.14. The van der Waals surface area contributed by atoms with Crippen LogP contribution in [0.2, 0.25) is 0 Å². The maximum Gasteiger partial charge on any atom is 0.0120 e. The highest BCUT2D eigenvalue weighted by molar-refractivity contribution is 8.93. The third-order valence-corrected chi connectivity index (χ3v) is 1.49. The monoisotopic (exact) mass is 261 g/mol. The molecule has 0 saturated heterocycles. The van der Waals surface area contributed by atoms with Crippen LogP contribution in [-0.4, -0.2) is 5.54 Å². The Labute approximate surface area is 78.9 Å². The zero-order chi connectivity index (χ0) is 6.08. The van der Waals surface area contributed by atoms with Crippen LogP contribution in [0.15, 0.2) is 0 Å². The average Bonchev–Trinajstić information content (AvgIpc) is 1.31. The molecule has 0 radical (unpaired) electrons. The lowest BCUT2D eigenvalue weighted by atomic mass is 9.92. The molecule has 0 aliphatic heterocycles. The van der Waals surface area contributed by atoms with Gasteiger partial charge in [-0.2, -0.15) is 0 Å². The summed E-state index contributed by atoms with van der Waals surface area (Å²) in [6.07, 6.45) is 0. The summed E-state index contributed by atoms with van der Waals surface area (Å²) in [4.78, 5) is 0. The SMILES string of the molecule is Br.Br.CC(C)C(C)(C)N. The Hall–Kier alpha value is 0.920. The quantitative estimate of drug-likeness (QED) is 0.772. The Morgan fingerprint density at radius 3 is 1.22 bits per heavy atom. The first-order valence-electron chi connectivity index (χ1n) is 2.73. The molecule has 3 heteroatoms. The van der Waals surface area contributed by atoms with Gasteiger partial charge in [0.05, 0.1) is 0 Å². The van der Waals surface area contributed by atoms with Gasteiger partial charge < -0.3 is 5.73 Å². The smallest absolute Gasteiger partial charge is 0.0120 e. The van der Waals surface area contributed by atoms with Gasteiger partial charge >= 0.3 is 0 Å². The standard InChI is InChI=1S/C6H15N.2BrH/c1-5(2)6(3,4)7;;/h5H,7H2,1-4H3;2*1H. The highest BCUT2D eigenvalue weighted by Crippen LogP contribution is 2.09. The van der Waals surface area contributed by atoms with Crippen LogP contribution >= 0.6 is 34.0 Å². The zero-order valence-corrected chi connectivity index (χ0v) is 9.90. The fourth-order valence-electron chi connectivity index (χ4n) is 0. The van der Waals surface area contributed by atoms with Crippen molar-refractivity contribution in [3.63, 3.8) is 0 Å². The minimum Gasteiger partial charge on any atom is -0.325 e. The molecule has 0 atom stereocenters. The lowest BCUT2D eigenvalue weighted by molar-refractivity contribution is 0.373. The van der Waals surface area contributed by atoms with E-state index in [-0.39, 0.29) is 39.5 Å². The normalized spacial score (nSPS) is 10.0. The van der Waals surface area contributed by atoms with Gasteiger partial charge in [-0.15, -0.1) is 34.0 Å². The predicted octanol–water partition coefficient (Wildman–Crippen LogP) is 2.54. The first-order chi connectivity index (χ1) is 2.94. The zero-order valence-electron chi connectivity index (χ0n) is 6.47. The molecule has 0 aliphatic carbocycles. The summed E-state index contributed by atoms with van der Waals surface area (Å²) >= 11 is 0. The van der Waals surface area contributed by atoms with E-state index in [1.54, 1.807) is 0 Å². The number of rotatable bonds is 1. The molecule has 60 valence electrons. The Morgan fingerprint density at radius 2 is 1.22 bits per heavy atom. The van der Waals surface area contributed by atoms with Crippen LogP contribution in [0, 0.1) is 5.92 Å². The Balaban J connectivity index is -0.000000180. The van der Waals surface area contributed by atoms with Crippen molar-refractivity contribution in [2.24, 2.45) is 11.7 Å². The molecule has 0 spiro atoms. The first-order valence-corrected chi connectivity index (χ1v) is 2.73. The molecule has 0 rings (SSSR count). The topological polar surface area (TPSA) is 26.0 Å². The van der Waals surface area contributed by atoms with Crippen molar-refractivity contribution in [3.05, 3.63) is 0 Å². The Bertz CT molecular complexity index is 56.6. The highest BCUT2D eigenvalue weighted by atomic mass is 79.9. The molecule has 9 heavy (non-hydrogen) atoms. The fraction of sp³-hybridized carbons (Fsp3) is 1.00. The number of hydrogen-bond acceptors (Lipinski definition) is 1. The summed E-state index contributed by atoms with van der Waals surface area (Å²) in [5, 5.41) is 0. The molecular formula is C6H17Br2N. The maximum absolute atomic E-state index is 5.68. The summed E-state index contributed by atoms with van der Waals surface area (Å²) < 4.78 is 0. The van der Waals surface area contributed by atoms with Crippen molar-refractivity contribution in [2.45, 2.75) is 33.2 Å². The molecule has 0 aromatic carbocycles. The molecular weight excluding hydrogens is 246 g/mol. The molecule has 1 nitrogen and oxygen atoms in total. The molecule has 0 aliphatic rings. The van der Waals surface area contributed by atoms with Crippen LogP contribution in [0.25, 0.3) is 0 Å². The third kappa shape index (κ3) is 8.92. The summed E-state index contributed by atoms with van der Waals surface area (Å²) in [6.45, 7) is 8.33. The maximum atomic E-state index is 5.68. The molecule has 0 heterocycles. The third-order valence-electron chi connectivity index (χ3n) is 1.49. The van der Waals surface area contributed by atoms with E-state index >= 15 is 0 Å². The average molecular weight is 263 g/mol. The molecule has 0 fully saturated rings. The fourth-order valence-corrected chi connectivity index (χ4v) is 0. The van der Waals surface area contributed by atoms with Gasteiger partial charge in [-0.3, -0.25) is 0 Å². The van der Waals surface area contributed by atoms with Crippen LogP contribution in [0.5, 0.6) is 0 Å². The van der Waals surface area contributed by atoms with E-state index in [2.05, 4.69) is 13.8 Å². The van der Waals surface area contributed by atoms with E-state index in [0.29, 0.717) is 5.92 Å². The second kappa shape index (κ2) is 5.69. The van der Waals surface area contributed by atoms with Crippen molar-refractivity contribution in [1.82, 2.24) is 0 Å². The van der Waals surface area contributed by atoms with E-state index in [9.17, 15) is 0 Å². The van der Waals surface area contributed by atoms with Crippen molar-refractivity contribution in [1.29, 1.82) is 0 Å². The van der Waals surface area contributed by atoms with Gasteiger partial charge in [-0.1, -0.05) is 13.8 Å². The van der Waals surface area contributed by atoms with Gasteiger partial charge in [-0.05, 0) is 19.8 Å². The van der Waals surface area contributed by atoms with Gasteiger partial charge in [-0.25, -0.2) is 0 Å². The van der Waals surface area contributed by atoms with Crippen molar-refractivity contribution < 1.29 is 0 Å². The molecule has 0 aromatic heterocycles. The Kier molecular flexibility index (Phi) is 10.4. The second-order valence-electron chi connectivity index (χ2n) is 2.98. The van der Waals surface area contributed by atoms with E-state index in [1.807, 2.05) is 13.8 Å². The van der Waals surface area contributed by atoms with Gasteiger partial charge in [0, 0.05) is 5.54 Å².